The standard InChI is InChI=1S/C16H24N2O3/c1-12-2-4-13(5-3-12)15(17)16(20)18-8-6-14(7-9-18)21-11-10-19/h2-5,14-15,19H,6-11,17H2,1H3. The van der Waals surface area contributed by atoms with Crippen LogP contribution in [0, 0.1) is 6.92 Å². The van der Waals surface area contributed by atoms with Crippen molar-refractivity contribution in [2.45, 2.75) is 31.9 Å². The molecule has 0 spiro atoms. The van der Waals surface area contributed by atoms with Crippen LogP contribution in [0.4, 0.5) is 0 Å². The fourth-order valence-electron chi connectivity index (χ4n) is 2.58. The maximum Gasteiger partial charge on any atom is 0.244 e. The predicted octanol–water partition coefficient (Wildman–Crippen LogP) is 0.995. The number of aliphatic hydroxyl groups excluding tert-OH is 1. The van der Waals surface area contributed by atoms with Gasteiger partial charge < -0.3 is 20.5 Å². The second kappa shape index (κ2) is 7.54. The van der Waals surface area contributed by atoms with Gasteiger partial charge in [-0.2, -0.15) is 0 Å². The third-order valence-corrected chi connectivity index (χ3v) is 3.90. The summed E-state index contributed by atoms with van der Waals surface area (Å²) in [4.78, 5) is 14.2. The minimum atomic E-state index is -0.597. The number of piperidine rings is 1. The molecule has 0 radical (unpaired) electrons. The Morgan fingerprint density at radius 3 is 2.57 bits per heavy atom. The topological polar surface area (TPSA) is 75.8 Å². The number of ether oxygens (including phenoxy) is 1. The lowest BCUT2D eigenvalue weighted by molar-refractivity contribution is -0.135. The van der Waals surface area contributed by atoms with Gasteiger partial charge in [0, 0.05) is 13.1 Å². The number of hydrogen-bond acceptors (Lipinski definition) is 4. The molecule has 21 heavy (non-hydrogen) atoms. The van der Waals surface area contributed by atoms with E-state index in [1.54, 1.807) is 0 Å². The zero-order valence-electron chi connectivity index (χ0n) is 12.5. The summed E-state index contributed by atoms with van der Waals surface area (Å²) >= 11 is 0. The fraction of sp³-hybridized carbons (Fsp3) is 0.562. The first-order valence-electron chi connectivity index (χ1n) is 7.45. The molecule has 1 aromatic rings. The van der Waals surface area contributed by atoms with Crippen molar-refractivity contribution in [3.63, 3.8) is 0 Å². The molecule has 5 heteroatoms. The van der Waals surface area contributed by atoms with Gasteiger partial charge in [-0.05, 0) is 25.3 Å². The molecule has 0 aromatic heterocycles. The number of hydrogen-bond donors (Lipinski definition) is 2. The van der Waals surface area contributed by atoms with Crippen molar-refractivity contribution in [1.82, 2.24) is 4.90 Å². The highest BCUT2D eigenvalue weighted by atomic mass is 16.5. The zero-order chi connectivity index (χ0) is 15.2. The summed E-state index contributed by atoms with van der Waals surface area (Å²) in [5, 5.41) is 8.75. The van der Waals surface area contributed by atoms with Crippen LogP contribution in [0.25, 0.3) is 0 Å². The number of likely N-dealkylation sites (tertiary alicyclic amines) is 1. The maximum atomic E-state index is 12.4. The fourth-order valence-corrected chi connectivity index (χ4v) is 2.58. The third kappa shape index (κ3) is 4.27. The molecule has 1 amide bonds. The van der Waals surface area contributed by atoms with Gasteiger partial charge >= 0.3 is 0 Å². The van der Waals surface area contributed by atoms with Gasteiger partial charge in [0.2, 0.25) is 5.91 Å². The largest absolute Gasteiger partial charge is 0.394 e. The Labute approximate surface area is 125 Å². The van der Waals surface area contributed by atoms with Crippen LogP contribution in [0.2, 0.25) is 0 Å². The van der Waals surface area contributed by atoms with Gasteiger partial charge in [-0.25, -0.2) is 0 Å². The number of amides is 1. The molecular formula is C16H24N2O3. The number of nitrogens with two attached hydrogens (primary N) is 1. The van der Waals surface area contributed by atoms with Crippen molar-refractivity contribution < 1.29 is 14.6 Å². The number of aryl methyl sites for hydroxylation is 1. The summed E-state index contributed by atoms with van der Waals surface area (Å²) in [6.45, 7) is 3.73. The zero-order valence-corrected chi connectivity index (χ0v) is 12.5. The van der Waals surface area contributed by atoms with Crippen LogP contribution >= 0.6 is 0 Å². The predicted molar refractivity (Wildman–Crippen MR) is 80.7 cm³/mol. The Bertz CT molecular complexity index is 453. The van der Waals surface area contributed by atoms with Gasteiger partial charge in [0.15, 0.2) is 0 Å². The Morgan fingerprint density at radius 2 is 2.00 bits per heavy atom. The van der Waals surface area contributed by atoms with Gasteiger partial charge in [-0.15, -0.1) is 0 Å². The second-order valence-corrected chi connectivity index (χ2v) is 5.51. The van der Waals surface area contributed by atoms with Crippen LogP contribution < -0.4 is 5.73 Å². The molecule has 1 unspecified atom stereocenters. The summed E-state index contributed by atoms with van der Waals surface area (Å²) in [6.07, 6.45) is 1.73. The molecule has 1 aliphatic heterocycles. The number of carbonyl (C=O) groups excluding carboxylic acids is 1. The molecule has 1 aliphatic rings. The molecule has 116 valence electrons. The monoisotopic (exact) mass is 292 g/mol. The highest BCUT2D eigenvalue weighted by Crippen LogP contribution is 2.19. The summed E-state index contributed by atoms with van der Waals surface area (Å²) in [7, 11) is 0. The van der Waals surface area contributed by atoms with Gasteiger partial charge in [0.05, 0.1) is 19.3 Å². The van der Waals surface area contributed by atoms with E-state index < -0.39 is 6.04 Å². The molecule has 1 fully saturated rings. The first-order valence-corrected chi connectivity index (χ1v) is 7.45. The number of nitrogens with zero attached hydrogens (tertiary/aromatic N) is 1. The Balaban J connectivity index is 1.88. The number of benzene rings is 1. The van der Waals surface area contributed by atoms with Crippen LogP contribution in [0.15, 0.2) is 24.3 Å². The van der Waals surface area contributed by atoms with Crippen molar-refractivity contribution in [3.8, 4) is 0 Å². The third-order valence-electron chi connectivity index (χ3n) is 3.90. The lowest BCUT2D eigenvalue weighted by Gasteiger charge is -2.33. The lowest BCUT2D eigenvalue weighted by Crippen LogP contribution is -2.45. The van der Waals surface area contributed by atoms with Crippen molar-refractivity contribution in [3.05, 3.63) is 35.4 Å². The van der Waals surface area contributed by atoms with Crippen molar-refractivity contribution in [1.29, 1.82) is 0 Å². The Kier molecular flexibility index (Phi) is 5.73. The summed E-state index contributed by atoms with van der Waals surface area (Å²) in [6, 6.07) is 7.17. The summed E-state index contributed by atoms with van der Waals surface area (Å²) in [5.74, 6) is -0.0283. The van der Waals surface area contributed by atoms with Gasteiger partial charge in [-0.1, -0.05) is 29.8 Å². The number of rotatable bonds is 5. The molecule has 1 saturated heterocycles. The van der Waals surface area contributed by atoms with E-state index in [0.717, 1.165) is 24.0 Å². The maximum absolute atomic E-state index is 12.4. The summed E-state index contributed by atoms with van der Waals surface area (Å²) < 4.78 is 5.50. The van der Waals surface area contributed by atoms with E-state index in [9.17, 15) is 4.79 Å². The van der Waals surface area contributed by atoms with Crippen LogP contribution in [-0.2, 0) is 9.53 Å². The van der Waals surface area contributed by atoms with E-state index in [0.29, 0.717) is 19.7 Å². The van der Waals surface area contributed by atoms with Crippen molar-refractivity contribution in [2.75, 3.05) is 26.3 Å². The minimum Gasteiger partial charge on any atom is -0.394 e. The van der Waals surface area contributed by atoms with Crippen LogP contribution in [0.1, 0.15) is 30.0 Å². The number of carbonyl (C=O) groups is 1. The second-order valence-electron chi connectivity index (χ2n) is 5.51. The molecule has 0 saturated carbocycles. The van der Waals surface area contributed by atoms with Crippen molar-refractivity contribution >= 4 is 5.91 Å². The van der Waals surface area contributed by atoms with E-state index in [1.807, 2.05) is 36.1 Å². The molecule has 0 aliphatic carbocycles. The lowest BCUT2D eigenvalue weighted by atomic mass is 10.0. The van der Waals surface area contributed by atoms with Crippen LogP contribution in [0.5, 0.6) is 0 Å². The molecule has 1 aromatic carbocycles. The molecule has 1 atom stereocenters. The normalized spacial score (nSPS) is 17.8. The molecule has 3 N–H and O–H groups in total. The molecule has 1 heterocycles. The molecule has 2 rings (SSSR count). The van der Waals surface area contributed by atoms with E-state index in [2.05, 4.69) is 0 Å². The van der Waals surface area contributed by atoms with Crippen molar-refractivity contribution in [2.24, 2.45) is 5.73 Å². The van der Waals surface area contributed by atoms with Crippen LogP contribution in [0.3, 0.4) is 0 Å². The molecule has 5 nitrogen and oxygen atoms in total. The Morgan fingerprint density at radius 1 is 1.38 bits per heavy atom. The average molecular weight is 292 g/mol. The smallest absolute Gasteiger partial charge is 0.244 e. The highest BCUT2D eigenvalue weighted by Gasteiger charge is 2.27. The van der Waals surface area contributed by atoms with E-state index in [1.165, 1.54) is 0 Å². The van der Waals surface area contributed by atoms with Crippen LogP contribution in [-0.4, -0.2) is 48.3 Å². The van der Waals surface area contributed by atoms with E-state index >= 15 is 0 Å². The van der Waals surface area contributed by atoms with E-state index in [-0.39, 0.29) is 18.6 Å². The Hall–Kier alpha value is -1.43. The molecule has 0 bridgehead atoms. The average Bonchev–Trinajstić information content (AvgIpc) is 2.53. The minimum absolute atomic E-state index is 0.0283. The highest BCUT2D eigenvalue weighted by molar-refractivity contribution is 5.83. The van der Waals surface area contributed by atoms with Gasteiger partial charge in [0.25, 0.3) is 0 Å². The van der Waals surface area contributed by atoms with Gasteiger partial charge in [-0.3, -0.25) is 4.79 Å². The van der Waals surface area contributed by atoms with Gasteiger partial charge in [0.1, 0.15) is 6.04 Å². The number of aliphatic hydroxyl groups is 1. The quantitative estimate of drug-likeness (QED) is 0.849. The SMILES string of the molecule is Cc1ccc(C(N)C(=O)N2CCC(OCCO)CC2)cc1. The first kappa shape index (κ1) is 15.9. The first-order chi connectivity index (χ1) is 10.1. The molecular weight excluding hydrogens is 268 g/mol. The summed E-state index contributed by atoms with van der Waals surface area (Å²) in [5.41, 5.74) is 8.08. The van der Waals surface area contributed by atoms with E-state index in [4.69, 9.17) is 15.6 Å².